The van der Waals surface area contributed by atoms with Gasteiger partial charge in [-0.25, -0.2) is 0 Å². The van der Waals surface area contributed by atoms with Gasteiger partial charge in [0.05, 0.1) is 6.04 Å². The van der Waals surface area contributed by atoms with Crippen molar-refractivity contribution >= 4 is 5.91 Å². The van der Waals surface area contributed by atoms with E-state index in [2.05, 4.69) is 5.32 Å². The van der Waals surface area contributed by atoms with Gasteiger partial charge in [-0.05, 0) is 20.3 Å². The maximum absolute atomic E-state index is 11.1. The van der Waals surface area contributed by atoms with Crippen molar-refractivity contribution in [2.24, 2.45) is 5.73 Å². The number of hydrogen-bond acceptors (Lipinski definition) is 2. The van der Waals surface area contributed by atoms with Crippen molar-refractivity contribution in [3.8, 4) is 0 Å². The first-order chi connectivity index (χ1) is 5.07. The predicted octanol–water partition coefficient (Wildman–Crippen LogP) is 0.638. The van der Waals surface area contributed by atoms with Crippen LogP contribution in [0.3, 0.4) is 0 Å². The molecule has 0 saturated heterocycles. The summed E-state index contributed by atoms with van der Waals surface area (Å²) in [5.74, 6) is -0.0400. The lowest BCUT2D eigenvalue weighted by Gasteiger charge is -2.13. The van der Waals surface area contributed by atoms with Gasteiger partial charge in [0.15, 0.2) is 0 Å². The fourth-order valence-electron chi connectivity index (χ4n) is 0.834. The van der Waals surface area contributed by atoms with Gasteiger partial charge in [-0.15, -0.1) is 0 Å². The Hall–Kier alpha value is -0.570. The molecule has 0 rings (SSSR count). The fourth-order valence-corrected chi connectivity index (χ4v) is 0.834. The van der Waals surface area contributed by atoms with Crippen LogP contribution in [0.1, 0.15) is 33.6 Å². The second-order valence-electron chi connectivity index (χ2n) is 3.06. The Morgan fingerprint density at radius 2 is 2.09 bits per heavy atom. The van der Waals surface area contributed by atoms with E-state index in [4.69, 9.17) is 5.73 Å². The lowest BCUT2D eigenvalue weighted by Crippen LogP contribution is -2.43. The molecule has 11 heavy (non-hydrogen) atoms. The largest absolute Gasteiger partial charge is 0.353 e. The predicted molar refractivity (Wildman–Crippen MR) is 46.2 cm³/mol. The van der Waals surface area contributed by atoms with E-state index in [0.29, 0.717) is 0 Å². The van der Waals surface area contributed by atoms with Crippen LogP contribution in [0.25, 0.3) is 0 Å². The molecular weight excluding hydrogens is 140 g/mol. The highest BCUT2D eigenvalue weighted by molar-refractivity contribution is 5.81. The van der Waals surface area contributed by atoms with Gasteiger partial charge in [0, 0.05) is 6.04 Å². The Morgan fingerprint density at radius 3 is 2.45 bits per heavy atom. The number of nitrogens with one attached hydrogen (secondary N) is 1. The van der Waals surface area contributed by atoms with Crippen molar-refractivity contribution in [1.82, 2.24) is 5.32 Å². The molecule has 0 aromatic heterocycles. The number of carbonyl (C=O) groups excluding carboxylic acids is 1. The maximum Gasteiger partial charge on any atom is 0.237 e. The monoisotopic (exact) mass is 158 g/mol. The summed E-state index contributed by atoms with van der Waals surface area (Å²) in [6, 6.07) is -0.146. The molecule has 3 nitrogen and oxygen atoms in total. The molecule has 1 amide bonds. The molecule has 0 aliphatic heterocycles. The lowest BCUT2D eigenvalue weighted by molar-refractivity contribution is -0.123. The molecule has 0 bridgehead atoms. The molecule has 0 spiro atoms. The lowest BCUT2D eigenvalue weighted by atomic mass is 10.1. The molecule has 0 unspecified atom stereocenters. The highest BCUT2D eigenvalue weighted by atomic mass is 16.2. The second kappa shape index (κ2) is 5.13. The van der Waals surface area contributed by atoms with Crippen molar-refractivity contribution in [2.75, 3.05) is 0 Å². The van der Waals surface area contributed by atoms with Crippen LogP contribution < -0.4 is 11.1 Å². The SMILES string of the molecule is CCC[C@H](N)C(=O)NC(C)C. The number of nitrogens with two attached hydrogens (primary N) is 1. The Kier molecular flexibility index (Phi) is 4.86. The van der Waals surface area contributed by atoms with Gasteiger partial charge in [-0.2, -0.15) is 0 Å². The summed E-state index contributed by atoms with van der Waals surface area (Å²) in [5.41, 5.74) is 5.56. The van der Waals surface area contributed by atoms with Crippen LogP contribution >= 0.6 is 0 Å². The maximum atomic E-state index is 11.1. The Bertz CT molecular complexity index is 123. The zero-order valence-corrected chi connectivity index (χ0v) is 7.55. The first kappa shape index (κ1) is 10.4. The standard InChI is InChI=1S/C8H18N2O/c1-4-5-7(9)8(11)10-6(2)3/h6-7H,4-5,9H2,1-3H3,(H,10,11)/t7-/m0/s1. The molecule has 0 aliphatic carbocycles. The van der Waals surface area contributed by atoms with E-state index < -0.39 is 0 Å². The van der Waals surface area contributed by atoms with E-state index in [-0.39, 0.29) is 18.0 Å². The third-order valence-electron chi connectivity index (χ3n) is 1.37. The number of amides is 1. The van der Waals surface area contributed by atoms with E-state index in [1.54, 1.807) is 0 Å². The van der Waals surface area contributed by atoms with Crippen molar-refractivity contribution in [2.45, 2.75) is 45.7 Å². The smallest absolute Gasteiger partial charge is 0.237 e. The molecule has 66 valence electrons. The molecule has 3 N–H and O–H groups in total. The average molecular weight is 158 g/mol. The van der Waals surface area contributed by atoms with Gasteiger partial charge < -0.3 is 11.1 Å². The van der Waals surface area contributed by atoms with Gasteiger partial charge in [-0.1, -0.05) is 13.3 Å². The van der Waals surface area contributed by atoms with Gasteiger partial charge in [0.2, 0.25) is 5.91 Å². The molecule has 1 atom stereocenters. The summed E-state index contributed by atoms with van der Waals surface area (Å²) in [7, 11) is 0. The Morgan fingerprint density at radius 1 is 1.55 bits per heavy atom. The van der Waals surface area contributed by atoms with E-state index in [1.165, 1.54) is 0 Å². The first-order valence-corrected chi connectivity index (χ1v) is 4.13. The topological polar surface area (TPSA) is 55.1 Å². The van der Waals surface area contributed by atoms with E-state index in [1.807, 2.05) is 20.8 Å². The van der Waals surface area contributed by atoms with Gasteiger partial charge in [0.1, 0.15) is 0 Å². The third kappa shape index (κ3) is 4.79. The molecule has 0 heterocycles. The van der Waals surface area contributed by atoms with Crippen molar-refractivity contribution in [1.29, 1.82) is 0 Å². The van der Waals surface area contributed by atoms with Crippen LogP contribution in [-0.4, -0.2) is 18.0 Å². The van der Waals surface area contributed by atoms with Crippen molar-refractivity contribution in [3.63, 3.8) is 0 Å². The zero-order chi connectivity index (χ0) is 8.85. The molecular formula is C8H18N2O. The minimum atomic E-state index is -0.331. The molecule has 0 aliphatic rings. The van der Waals surface area contributed by atoms with Gasteiger partial charge in [-0.3, -0.25) is 4.79 Å². The third-order valence-corrected chi connectivity index (χ3v) is 1.37. The second-order valence-corrected chi connectivity index (χ2v) is 3.06. The quantitative estimate of drug-likeness (QED) is 0.630. The highest BCUT2D eigenvalue weighted by Gasteiger charge is 2.11. The van der Waals surface area contributed by atoms with E-state index >= 15 is 0 Å². The summed E-state index contributed by atoms with van der Waals surface area (Å²) >= 11 is 0. The fraction of sp³-hybridized carbons (Fsp3) is 0.875. The minimum absolute atomic E-state index is 0.0400. The molecule has 3 heteroatoms. The zero-order valence-electron chi connectivity index (χ0n) is 7.55. The number of carbonyl (C=O) groups is 1. The van der Waals surface area contributed by atoms with Crippen LogP contribution in [-0.2, 0) is 4.79 Å². The van der Waals surface area contributed by atoms with E-state index in [0.717, 1.165) is 12.8 Å². The summed E-state index contributed by atoms with van der Waals surface area (Å²) in [4.78, 5) is 11.1. The molecule has 0 aromatic carbocycles. The summed E-state index contributed by atoms with van der Waals surface area (Å²) in [5, 5.41) is 2.76. The summed E-state index contributed by atoms with van der Waals surface area (Å²) in [6.07, 6.45) is 1.71. The number of rotatable bonds is 4. The summed E-state index contributed by atoms with van der Waals surface area (Å²) in [6.45, 7) is 5.87. The van der Waals surface area contributed by atoms with Gasteiger partial charge >= 0.3 is 0 Å². The van der Waals surface area contributed by atoms with Crippen LogP contribution in [0.5, 0.6) is 0 Å². The first-order valence-electron chi connectivity index (χ1n) is 4.13. The molecule has 0 saturated carbocycles. The molecule has 0 aromatic rings. The van der Waals surface area contributed by atoms with Crippen molar-refractivity contribution < 1.29 is 4.79 Å². The summed E-state index contributed by atoms with van der Waals surface area (Å²) < 4.78 is 0. The minimum Gasteiger partial charge on any atom is -0.353 e. The van der Waals surface area contributed by atoms with Crippen LogP contribution in [0.4, 0.5) is 0 Å². The van der Waals surface area contributed by atoms with Crippen LogP contribution in [0, 0.1) is 0 Å². The van der Waals surface area contributed by atoms with Gasteiger partial charge in [0.25, 0.3) is 0 Å². The molecule has 0 radical (unpaired) electrons. The van der Waals surface area contributed by atoms with E-state index in [9.17, 15) is 4.79 Å². The highest BCUT2D eigenvalue weighted by Crippen LogP contribution is 1.93. The van der Waals surface area contributed by atoms with Crippen LogP contribution in [0.15, 0.2) is 0 Å². The Labute approximate surface area is 68.3 Å². The average Bonchev–Trinajstić information content (AvgIpc) is 1.86. The molecule has 0 fully saturated rings. The Balaban J connectivity index is 3.64. The normalized spacial score (nSPS) is 13.2. The van der Waals surface area contributed by atoms with Crippen molar-refractivity contribution in [3.05, 3.63) is 0 Å². The number of hydrogen-bond donors (Lipinski definition) is 2. The van der Waals surface area contributed by atoms with Crippen LogP contribution in [0.2, 0.25) is 0 Å².